The molecule has 4 aromatic rings. The lowest BCUT2D eigenvalue weighted by atomic mass is 9.92. The Hall–Kier alpha value is -3.84. The third kappa shape index (κ3) is 4.04. The molecule has 0 aromatic heterocycles. The molecular weight excluding hydrogens is 360 g/mol. The Bertz CT molecular complexity index is 1270. The number of hydrogen-bond donors (Lipinski definition) is 0. The summed E-state index contributed by atoms with van der Waals surface area (Å²) in [5, 5.41) is 4.38. The Morgan fingerprint density at radius 2 is 1.24 bits per heavy atom. The van der Waals surface area contributed by atoms with E-state index in [0.29, 0.717) is 6.42 Å². The molecular formula is C25H18N2O2. The molecule has 2 unspecified atom stereocenters. The first-order chi connectivity index (χ1) is 14.3. The molecule has 2 atom stereocenters. The van der Waals surface area contributed by atoms with Gasteiger partial charge in [-0.15, -0.1) is 0 Å². The summed E-state index contributed by atoms with van der Waals surface area (Å²) >= 11 is 0. The van der Waals surface area contributed by atoms with Crippen molar-refractivity contribution in [3.8, 4) is 0 Å². The maximum absolute atomic E-state index is 11.2. The second-order valence-corrected chi connectivity index (χ2v) is 6.95. The molecule has 0 aliphatic heterocycles. The Morgan fingerprint density at radius 3 is 1.90 bits per heavy atom. The lowest BCUT2D eigenvalue weighted by Crippen LogP contribution is -2.18. The Morgan fingerprint density at radius 1 is 0.655 bits per heavy atom. The maximum Gasteiger partial charge on any atom is 0.235 e. The van der Waals surface area contributed by atoms with Gasteiger partial charge in [-0.25, -0.2) is 9.59 Å². The Kier molecular flexibility index (Phi) is 5.40. The summed E-state index contributed by atoms with van der Waals surface area (Å²) in [6.07, 6.45) is 3.77. The van der Waals surface area contributed by atoms with Crippen molar-refractivity contribution in [3.63, 3.8) is 0 Å². The van der Waals surface area contributed by atoms with Crippen LogP contribution in [-0.2, 0) is 16.0 Å². The van der Waals surface area contributed by atoms with E-state index in [9.17, 15) is 9.59 Å². The van der Waals surface area contributed by atoms with Gasteiger partial charge in [-0.3, -0.25) is 0 Å². The lowest BCUT2D eigenvalue weighted by molar-refractivity contribution is 0.514. The van der Waals surface area contributed by atoms with E-state index < -0.39 is 12.1 Å². The minimum atomic E-state index is -0.606. The fourth-order valence-corrected chi connectivity index (χ4v) is 3.73. The van der Waals surface area contributed by atoms with Crippen LogP contribution in [0.1, 0.15) is 17.2 Å². The van der Waals surface area contributed by atoms with Crippen LogP contribution in [0.5, 0.6) is 0 Å². The molecule has 4 nitrogen and oxygen atoms in total. The highest BCUT2D eigenvalue weighted by Crippen LogP contribution is 2.29. The van der Waals surface area contributed by atoms with E-state index in [1.165, 1.54) is 0 Å². The van der Waals surface area contributed by atoms with E-state index in [1.807, 2.05) is 72.8 Å². The quantitative estimate of drug-likeness (QED) is 0.337. The number of aliphatic imine (C=N–C) groups is 2. The highest BCUT2D eigenvalue weighted by atomic mass is 16.1. The third-order valence-electron chi connectivity index (χ3n) is 5.15. The second-order valence-electron chi connectivity index (χ2n) is 6.95. The number of carbonyl (C=O) groups excluding carboxylic acids is 2. The summed E-state index contributed by atoms with van der Waals surface area (Å²) < 4.78 is 0. The minimum Gasteiger partial charge on any atom is -0.211 e. The molecule has 140 valence electrons. The normalized spacial score (nSPS) is 12.7. The minimum absolute atomic E-state index is 0.461. The van der Waals surface area contributed by atoms with Crippen LogP contribution >= 0.6 is 0 Å². The van der Waals surface area contributed by atoms with Gasteiger partial charge in [-0.1, -0.05) is 78.9 Å². The van der Waals surface area contributed by atoms with Crippen LogP contribution in [0.15, 0.2) is 94.9 Å². The molecule has 29 heavy (non-hydrogen) atoms. The molecule has 0 aliphatic rings. The molecule has 0 saturated heterocycles. The summed E-state index contributed by atoms with van der Waals surface area (Å²) in [6, 6.07) is 26.9. The maximum atomic E-state index is 11.2. The Labute approximate surface area is 168 Å². The average Bonchev–Trinajstić information content (AvgIpc) is 2.77. The molecule has 0 spiro atoms. The van der Waals surface area contributed by atoms with E-state index in [2.05, 4.69) is 22.1 Å². The third-order valence-corrected chi connectivity index (χ3v) is 5.15. The first-order valence-electron chi connectivity index (χ1n) is 9.39. The van der Waals surface area contributed by atoms with Gasteiger partial charge in [0.2, 0.25) is 12.2 Å². The molecule has 4 aromatic carbocycles. The van der Waals surface area contributed by atoms with E-state index in [0.717, 1.165) is 32.7 Å². The van der Waals surface area contributed by atoms with Crippen molar-refractivity contribution in [2.75, 3.05) is 0 Å². The predicted molar refractivity (Wildman–Crippen MR) is 114 cm³/mol. The average molecular weight is 378 g/mol. The van der Waals surface area contributed by atoms with Crippen molar-refractivity contribution < 1.29 is 9.59 Å². The number of hydrogen-bond acceptors (Lipinski definition) is 4. The highest BCUT2D eigenvalue weighted by Gasteiger charge is 2.23. The zero-order valence-corrected chi connectivity index (χ0v) is 15.7. The van der Waals surface area contributed by atoms with E-state index in [1.54, 1.807) is 12.2 Å². The number of isocyanates is 2. The van der Waals surface area contributed by atoms with Crippen LogP contribution in [-0.4, -0.2) is 18.2 Å². The topological polar surface area (TPSA) is 58.9 Å². The van der Waals surface area contributed by atoms with Gasteiger partial charge < -0.3 is 0 Å². The first-order valence-corrected chi connectivity index (χ1v) is 9.39. The molecule has 0 radical (unpaired) electrons. The Balaban J connectivity index is 1.72. The predicted octanol–water partition coefficient (Wildman–Crippen LogP) is 5.32. The van der Waals surface area contributed by atoms with E-state index >= 15 is 0 Å². The van der Waals surface area contributed by atoms with Gasteiger partial charge in [0, 0.05) is 0 Å². The summed E-state index contributed by atoms with van der Waals surface area (Å²) in [5.74, 6) is 0. The molecule has 0 amide bonds. The van der Waals surface area contributed by atoms with Gasteiger partial charge in [-0.2, -0.15) is 9.98 Å². The van der Waals surface area contributed by atoms with Gasteiger partial charge >= 0.3 is 0 Å². The molecule has 0 N–H and O–H groups in total. The molecule has 4 heteroatoms. The molecule has 0 heterocycles. The number of fused-ring (bicyclic) bond motifs is 2. The molecule has 0 aliphatic carbocycles. The van der Waals surface area contributed by atoms with E-state index in [4.69, 9.17) is 0 Å². The zero-order chi connectivity index (χ0) is 20.1. The van der Waals surface area contributed by atoms with Crippen molar-refractivity contribution in [3.05, 3.63) is 96.1 Å². The fraction of sp³-hybridized carbons (Fsp3) is 0.120. The summed E-state index contributed by atoms with van der Waals surface area (Å²) in [5.41, 5.74) is 1.83. The summed E-state index contributed by atoms with van der Waals surface area (Å²) in [4.78, 5) is 30.3. The standard InChI is InChI=1S/C25H18N2O2/c28-16-26-24(14-18-9-10-19-5-1-3-7-21(19)13-18)25(27-17-29)23-12-11-20-6-2-4-8-22(20)15-23/h1-13,15,24-25H,14H2. The largest absolute Gasteiger partial charge is 0.235 e. The molecule has 0 saturated carbocycles. The van der Waals surface area contributed by atoms with Crippen molar-refractivity contribution in [1.29, 1.82) is 0 Å². The van der Waals surface area contributed by atoms with Gasteiger partial charge in [0.05, 0.1) is 6.04 Å². The monoisotopic (exact) mass is 378 g/mol. The van der Waals surface area contributed by atoms with Crippen molar-refractivity contribution >= 4 is 33.7 Å². The molecule has 4 rings (SSSR count). The van der Waals surface area contributed by atoms with Gasteiger partial charge in [0.1, 0.15) is 6.04 Å². The van der Waals surface area contributed by atoms with Crippen molar-refractivity contribution in [2.45, 2.75) is 18.5 Å². The van der Waals surface area contributed by atoms with Gasteiger partial charge in [0.15, 0.2) is 0 Å². The first kappa shape index (κ1) is 18.5. The number of nitrogens with zero attached hydrogens (tertiary/aromatic N) is 2. The van der Waals surface area contributed by atoms with Crippen LogP contribution in [0.4, 0.5) is 0 Å². The zero-order valence-electron chi connectivity index (χ0n) is 15.7. The van der Waals surface area contributed by atoms with Crippen LogP contribution in [0.3, 0.4) is 0 Å². The van der Waals surface area contributed by atoms with Crippen LogP contribution in [0, 0.1) is 0 Å². The van der Waals surface area contributed by atoms with Gasteiger partial charge in [0.25, 0.3) is 0 Å². The SMILES string of the molecule is O=C=NC(Cc1ccc2ccccc2c1)C(N=C=O)c1ccc2ccccc2c1. The highest BCUT2D eigenvalue weighted by molar-refractivity contribution is 5.84. The van der Waals surface area contributed by atoms with Gasteiger partial charge in [-0.05, 0) is 45.2 Å². The van der Waals surface area contributed by atoms with Crippen LogP contribution in [0.25, 0.3) is 21.5 Å². The smallest absolute Gasteiger partial charge is 0.211 e. The number of benzene rings is 4. The fourth-order valence-electron chi connectivity index (χ4n) is 3.73. The van der Waals surface area contributed by atoms with Crippen LogP contribution < -0.4 is 0 Å². The number of rotatable bonds is 6. The second kappa shape index (κ2) is 8.45. The molecule has 0 bridgehead atoms. The van der Waals surface area contributed by atoms with Crippen molar-refractivity contribution in [2.24, 2.45) is 9.98 Å². The van der Waals surface area contributed by atoms with Crippen molar-refractivity contribution in [1.82, 2.24) is 0 Å². The molecule has 0 fully saturated rings. The van der Waals surface area contributed by atoms with Crippen LogP contribution in [0.2, 0.25) is 0 Å². The lowest BCUT2D eigenvalue weighted by Gasteiger charge is -2.19. The van der Waals surface area contributed by atoms with E-state index in [-0.39, 0.29) is 0 Å². The summed E-state index contributed by atoms with van der Waals surface area (Å²) in [7, 11) is 0. The summed E-state index contributed by atoms with van der Waals surface area (Å²) in [6.45, 7) is 0.